The third kappa shape index (κ3) is 5.12. The average Bonchev–Trinajstić information content (AvgIpc) is 3.45. The number of halogens is 7. The standard InChI is InChI=1S/C27H19F7N6O/c1-14-24(15(2)39(37-14)13-17-5-3-4-6-19(17)29)36-25(41)21-12-23-35-20(16-7-9-18(28)10-8-16)11-22(40(23)38-21)26(30,31)27(32,33)34/h3-12H,13H2,1-2H3,(H,36,41). The highest BCUT2D eigenvalue weighted by atomic mass is 19.4. The van der Waals surface area contributed by atoms with E-state index in [1.165, 1.54) is 16.8 Å². The highest BCUT2D eigenvalue weighted by molar-refractivity contribution is 6.04. The molecule has 0 aliphatic carbocycles. The van der Waals surface area contributed by atoms with Gasteiger partial charge in [0.25, 0.3) is 5.91 Å². The fourth-order valence-electron chi connectivity index (χ4n) is 4.22. The molecule has 0 saturated heterocycles. The number of amides is 1. The van der Waals surface area contributed by atoms with Gasteiger partial charge in [-0.1, -0.05) is 18.2 Å². The molecule has 5 aromatic rings. The van der Waals surface area contributed by atoms with Crippen LogP contribution in [-0.4, -0.2) is 36.5 Å². The molecule has 0 aliphatic heterocycles. The third-order valence-corrected chi connectivity index (χ3v) is 6.38. The van der Waals surface area contributed by atoms with Gasteiger partial charge in [0.2, 0.25) is 0 Å². The Morgan fingerprint density at radius 2 is 1.61 bits per heavy atom. The molecule has 3 heterocycles. The van der Waals surface area contributed by atoms with Gasteiger partial charge in [0.05, 0.1) is 29.3 Å². The summed E-state index contributed by atoms with van der Waals surface area (Å²) in [4.78, 5) is 17.2. The molecular formula is C27H19F7N6O. The van der Waals surface area contributed by atoms with E-state index in [4.69, 9.17) is 0 Å². The van der Waals surface area contributed by atoms with Crippen molar-refractivity contribution in [2.45, 2.75) is 32.5 Å². The number of rotatable bonds is 6. The molecule has 14 heteroatoms. The van der Waals surface area contributed by atoms with Crippen LogP contribution in [0.25, 0.3) is 16.9 Å². The Balaban J connectivity index is 1.53. The first kappa shape index (κ1) is 27.8. The van der Waals surface area contributed by atoms with Crippen LogP contribution in [-0.2, 0) is 12.5 Å². The van der Waals surface area contributed by atoms with Crippen molar-refractivity contribution in [3.63, 3.8) is 0 Å². The smallest absolute Gasteiger partial charge is 0.317 e. The number of carbonyl (C=O) groups is 1. The zero-order chi connectivity index (χ0) is 29.7. The summed E-state index contributed by atoms with van der Waals surface area (Å²) < 4.78 is 98.6. The van der Waals surface area contributed by atoms with E-state index in [2.05, 4.69) is 20.5 Å². The van der Waals surface area contributed by atoms with Gasteiger partial charge in [-0.15, -0.1) is 0 Å². The van der Waals surface area contributed by atoms with Crippen molar-refractivity contribution < 1.29 is 35.5 Å². The highest BCUT2D eigenvalue weighted by Gasteiger charge is 2.60. The van der Waals surface area contributed by atoms with Gasteiger partial charge in [0.1, 0.15) is 17.3 Å². The number of hydrogen-bond acceptors (Lipinski definition) is 4. The largest absolute Gasteiger partial charge is 0.459 e. The zero-order valence-corrected chi connectivity index (χ0v) is 21.3. The number of anilines is 1. The van der Waals surface area contributed by atoms with Gasteiger partial charge in [0.15, 0.2) is 11.3 Å². The number of nitrogens with zero attached hydrogens (tertiary/aromatic N) is 5. The van der Waals surface area contributed by atoms with Crippen LogP contribution in [0.2, 0.25) is 0 Å². The zero-order valence-electron chi connectivity index (χ0n) is 21.3. The van der Waals surface area contributed by atoms with Crippen LogP contribution < -0.4 is 5.32 Å². The highest BCUT2D eigenvalue weighted by Crippen LogP contribution is 2.44. The van der Waals surface area contributed by atoms with Crippen molar-refractivity contribution in [2.24, 2.45) is 0 Å². The van der Waals surface area contributed by atoms with Gasteiger partial charge in [-0.3, -0.25) is 9.48 Å². The number of nitrogens with one attached hydrogen (secondary N) is 1. The monoisotopic (exact) mass is 576 g/mol. The Morgan fingerprint density at radius 1 is 0.927 bits per heavy atom. The SMILES string of the molecule is Cc1nn(Cc2ccccc2F)c(C)c1NC(=O)c1cc2nc(-c3ccc(F)cc3)cc(C(F)(F)C(F)(F)F)n2n1. The van der Waals surface area contributed by atoms with Gasteiger partial charge < -0.3 is 5.32 Å². The van der Waals surface area contributed by atoms with Gasteiger partial charge in [-0.05, 0) is 50.2 Å². The number of alkyl halides is 5. The lowest BCUT2D eigenvalue weighted by molar-refractivity contribution is -0.291. The summed E-state index contributed by atoms with van der Waals surface area (Å²) in [6.45, 7) is 3.23. The molecule has 7 nitrogen and oxygen atoms in total. The topological polar surface area (TPSA) is 77.1 Å². The second kappa shape index (κ2) is 10.0. The maximum Gasteiger partial charge on any atom is 0.459 e. The van der Waals surface area contributed by atoms with Crippen molar-refractivity contribution in [1.82, 2.24) is 24.4 Å². The molecule has 5 rings (SSSR count). The summed E-state index contributed by atoms with van der Waals surface area (Å²) in [5.74, 6) is -7.41. The molecule has 1 N–H and O–H groups in total. The van der Waals surface area contributed by atoms with Crippen molar-refractivity contribution in [2.75, 3.05) is 5.32 Å². The first-order valence-corrected chi connectivity index (χ1v) is 12.0. The van der Waals surface area contributed by atoms with Crippen LogP contribution in [0.15, 0.2) is 60.7 Å². The number of hydrogen-bond donors (Lipinski definition) is 1. The molecule has 0 saturated carbocycles. The first-order chi connectivity index (χ1) is 19.3. The van der Waals surface area contributed by atoms with Crippen LogP contribution >= 0.6 is 0 Å². The Bertz CT molecular complexity index is 1770. The summed E-state index contributed by atoms with van der Waals surface area (Å²) in [5.41, 5.74) is -1.47. The summed E-state index contributed by atoms with van der Waals surface area (Å²) in [5, 5.41) is 10.6. The molecule has 41 heavy (non-hydrogen) atoms. The summed E-state index contributed by atoms with van der Waals surface area (Å²) in [6.07, 6.45) is -5.99. The van der Waals surface area contributed by atoms with E-state index in [0.717, 1.165) is 30.3 Å². The predicted molar refractivity (Wildman–Crippen MR) is 133 cm³/mol. The Kier molecular flexibility index (Phi) is 6.79. The Labute approximate surface area is 227 Å². The molecule has 2 aromatic carbocycles. The minimum absolute atomic E-state index is 0.0511. The predicted octanol–water partition coefficient (Wildman–Crippen LogP) is 6.44. The van der Waals surface area contributed by atoms with Crippen LogP contribution in [0.5, 0.6) is 0 Å². The molecule has 0 atom stereocenters. The van der Waals surface area contributed by atoms with E-state index in [0.29, 0.717) is 23.0 Å². The van der Waals surface area contributed by atoms with E-state index in [9.17, 15) is 35.5 Å². The fraction of sp³-hybridized carbons (Fsp3) is 0.185. The minimum atomic E-state index is -5.99. The van der Waals surface area contributed by atoms with Gasteiger partial charge in [-0.2, -0.15) is 32.1 Å². The van der Waals surface area contributed by atoms with Crippen LogP contribution in [0.4, 0.5) is 36.4 Å². The van der Waals surface area contributed by atoms with Crippen molar-refractivity contribution in [3.8, 4) is 11.3 Å². The van der Waals surface area contributed by atoms with Gasteiger partial charge >= 0.3 is 12.1 Å². The minimum Gasteiger partial charge on any atom is -0.317 e. The number of aryl methyl sites for hydroxylation is 1. The molecule has 0 bridgehead atoms. The lowest BCUT2D eigenvalue weighted by atomic mass is 10.1. The maximum absolute atomic E-state index is 14.6. The number of carbonyl (C=O) groups excluding carboxylic acids is 1. The quantitative estimate of drug-likeness (QED) is 0.236. The van der Waals surface area contributed by atoms with Gasteiger partial charge in [0, 0.05) is 17.2 Å². The number of benzene rings is 2. The molecule has 0 fully saturated rings. The Morgan fingerprint density at radius 3 is 2.27 bits per heavy atom. The van der Waals surface area contributed by atoms with E-state index in [1.54, 1.807) is 26.0 Å². The number of aromatic nitrogens is 5. The maximum atomic E-state index is 14.6. The number of fused-ring (bicyclic) bond motifs is 1. The van der Waals surface area contributed by atoms with Crippen molar-refractivity contribution in [3.05, 3.63) is 101 Å². The van der Waals surface area contributed by atoms with Crippen molar-refractivity contribution in [1.29, 1.82) is 0 Å². The molecule has 0 unspecified atom stereocenters. The van der Waals surface area contributed by atoms with E-state index in [1.807, 2.05) is 0 Å². The average molecular weight is 576 g/mol. The van der Waals surface area contributed by atoms with E-state index >= 15 is 0 Å². The normalized spacial score (nSPS) is 12.2. The van der Waals surface area contributed by atoms with E-state index in [-0.39, 0.29) is 28.0 Å². The molecule has 0 spiro atoms. The van der Waals surface area contributed by atoms with Crippen LogP contribution in [0.3, 0.4) is 0 Å². The molecule has 1 amide bonds. The summed E-state index contributed by atoms with van der Waals surface area (Å²) in [6, 6.07) is 11.8. The van der Waals surface area contributed by atoms with Crippen molar-refractivity contribution >= 4 is 17.2 Å². The first-order valence-electron chi connectivity index (χ1n) is 12.0. The Hall–Kier alpha value is -4.75. The molecule has 0 radical (unpaired) electrons. The second-order valence-corrected chi connectivity index (χ2v) is 9.15. The third-order valence-electron chi connectivity index (χ3n) is 6.38. The molecular weight excluding hydrogens is 557 g/mol. The van der Waals surface area contributed by atoms with E-state index < -0.39 is 46.7 Å². The summed E-state index contributed by atoms with van der Waals surface area (Å²) in [7, 11) is 0. The summed E-state index contributed by atoms with van der Waals surface area (Å²) >= 11 is 0. The second-order valence-electron chi connectivity index (χ2n) is 9.15. The lowest BCUT2D eigenvalue weighted by Gasteiger charge is -2.21. The van der Waals surface area contributed by atoms with Gasteiger partial charge in [-0.25, -0.2) is 18.3 Å². The van der Waals surface area contributed by atoms with Crippen LogP contribution in [0.1, 0.15) is 33.1 Å². The molecule has 3 aromatic heterocycles. The van der Waals surface area contributed by atoms with Crippen LogP contribution in [0, 0.1) is 25.5 Å². The fourth-order valence-corrected chi connectivity index (χ4v) is 4.22. The lowest BCUT2D eigenvalue weighted by Crippen LogP contribution is -2.36. The molecule has 212 valence electrons. The molecule has 0 aliphatic rings.